The van der Waals surface area contributed by atoms with Crippen LogP contribution in [-0.2, 0) is 4.74 Å². The van der Waals surface area contributed by atoms with Crippen molar-refractivity contribution in [3.8, 4) is 0 Å². The number of hydrogen-bond acceptors (Lipinski definition) is 7. The number of nitrogens with zero attached hydrogens (tertiary/aromatic N) is 3. The van der Waals surface area contributed by atoms with Gasteiger partial charge in [-0.05, 0) is 49.9 Å². The maximum absolute atomic E-state index is 13.0. The molecule has 0 radical (unpaired) electrons. The van der Waals surface area contributed by atoms with E-state index in [1.807, 2.05) is 43.3 Å². The van der Waals surface area contributed by atoms with E-state index in [0.717, 1.165) is 69.4 Å². The number of likely N-dealkylation sites (N-methyl/N-ethyl adjacent to an activating group) is 1. The molecule has 8 nitrogen and oxygen atoms in total. The van der Waals surface area contributed by atoms with Gasteiger partial charge >= 0.3 is 0 Å². The highest BCUT2D eigenvalue weighted by Gasteiger charge is 2.21. The first-order chi connectivity index (χ1) is 16.5. The lowest BCUT2D eigenvalue weighted by molar-refractivity contribution is 0.0997. The number of carbonyl (C=O) groups is 1. The number of benzene rings is 2. The summed E-state index contributed by atoms with van der Waals surface area (Å²) in [4.78, 5) is 32.8. The molecule has 1 aromatic heterocycles. The average Bonchev–Trinajstić information content (AvgIpc) is 2.85. The summed E-state index contributed by atoms with van der Waals surface area (Å²) in [5.41, 5.74) is 3.70. The molecule has 3 heterocycles. The third kappa shape index (κ3) is 4.51. The topological polar surface area (TPSA) is 78.3 Å². The fourth-order valence-electron chi connectivity index (χ4n) is 4.59. The largest absolute Gasteiger partial charge is 0.448 e. The highest BCUT2D eigenvalue weighted by atomic mass is 16.5. The Morgan fingerprint density at radius 1 is 0.912 bits per heavy atom. The molecule has 5 rings (SSSR count). The van der Waals surface area contributed by atoms with Crippen molar-refractivity contribution in [1.29, 1.82) is 0 Å². The minimum Gasteiger partial charge on any atom is -0.448 e. The standard InChI is InChI=1S/C26H30N4O4/c1-18-3-8-21(30-11-9-28(2)10-12-30)25-24(18)22(31)17-23(34-25)26(32)27-19-4-6-20(7-5-19)29-13-15-33-16-14-29/h3-8,17H,9-16H2,1-2H3,(H,27,32)/i2-1. The van der Waals surface area contributed by atoms with Gasteiger partial charge in [-0.15, -0.1) is 0 Å². The Kier molecular flexibility index (Phi) is 6.26. The number of carbonyl (C=O) groups excluding carboxylic acids is 1. The molecule has 0 bridgehead atoms. The third-order valence-corrected chi connectivity index (χ3v) is 6.64. The number of nitrogens with one attached hydrogen (secondary N) is 1. The number of morpholine rings is 1. The molecule has 34 heavy (non-hydrogen) atoms. The minimum absolute atomic E-state index is 0.00994. The second-order valence-corrected chi connectivity index (χ2v) is 8.97. The Morgan fingerprint density at radius 2 is 1.62 bits per heavy atom. The number of anilines is 3. The lowest BCUT2D eigenvalue weighted by atomic mass is 10.1. The smallest absolute Gasteiger partial charge is 0.291 e. The molecule has 0 spiro atoms. The summed E-state index contributed by atoms with van der Waals surface area (Å²) in [7, 11) is 2.10. The fraction of sp³-hybridized carbons (Fsp3) is 0.385. The molecule has 2 aromatic carbocycles. The van der Waals surface area contributed by atoms with E-state index in [9.17, 15) is 9.59 Å². The molecule has 0 atom stereocenters. The summed E-state index contributed by atoms with van der Waals surface area (Å²) in [6.45, 7) is 8.56. The normalized spacial score (nSPS) is 17.2. The minimum atomic E-state index is -0.441. The molecule has 0 saturated carbocycles. The van der Waals surface area contributed by atoms with Crippen molar-refractivity contribution in [1.82, 2.24) is 4.90 Å². The number of aryl methyl sites for hydroxylation is 1. The zero-order chi connectivity index (χ0) is 23.7. The first-order valence-corrected chi connectivity index (χ1v) is 11.7. The van der Waals surface area contributed by atoms with Gasteiger partial charge in [0, 0.05) is 56.7 Å². The lowest BCUT2D eigenvalue weighted by Crippen LogP contribution is -2.44. The zero-order valence-corrected chi connectivity index (χ0v) is 19.7. The van der Waals surface area contributed by atoms with Gasteiger partial charge in [0.1, 0.15) is 0 Å². The van der Waals surface area contributed by atoms with Crippen LogP contribution in [0.25, 0.3) is 11.0 Å². The Labute approximate surface area is 198 Å². The summed E-state index contributed by atoms with van der Waals surface area (Å²) in [6.07, 6.45) is 0. The third-order valence-electron chi connectivity index (χ3n) is 6.64. The summed E-state index contributed by atoms with van der Waals surface area (Å²) in [5.74, 6) is -0.431. The van der Waals surface area contributed by atoms with Crippen LogP contribution in [0.2, 0.25) is 0 Å². The molecule has 2 fully saturated rings. The van der Waals surface area contributed by atoms with Crippen LogP contribution in [0, 0.1) is 6.92 Å². The quantitative estimate of drug-likeness (QED) is 0.640. The Bertz CT molecular complexity index is 1240. The second-order valence-electron chi connectivity index (χ2n) is 8.97. The molecule has 2 aliphatic heterocycles. The van der Waals surface area contributed by atoms with Crippen molar-refractivity contribution in [2.45, 2.75) is 6.92 Å². The van der Waals surface area contributed by atoms with Crippen LogP contribution in [0.3, 0.4) is 0 Å². The number of piperazine rings is 1. The van der Waals surface area contributed by atoms with Gasteiger partial charge < -0.3 is 29.2 Å². The van der Waals surface area contributed by atoms with Gasteiger partial charge in [-0.2, -0.15) is 0 Å². The average molecular weight is 462 g/mol. The van der Waals surface area contributed by atoms with Crippen molar-refractivity contribution in [3.05, 3.63) is 64.0 Å². The number of fused-ring (bicyclic) bond motifs is 1. The van der Waals surface area contributed by atoms with Crippen molar-refractivity contribution >= 4 is 33.9 Å². The van der Waals surface area contributed by atoms with Gasteiger partial charge in [0.25, 0.3) is 5.91 Å². The van der Waals surface area contributed by atoms with E-state index in [1.165, 1.54) is 6.07 Å². The Morgan fingerprint density at radius 3 is 2.32 bits per heavy atom. The van der Waals surface area contributed by atoms with E-state index in [1.54, 1.807) is 0 Å². The van der Waals surface area contributed by atoms with Gasteiger partial charge in [-0.1, -0.05) is 6.07 Å². The highest BCUT2D eigenvalue weighted by Crippen LogP contribution is 2.29. The number of amides is 1. The van der Waals surface area contributed by atoms with Crippen molar-refractivity contribution < 1.29 is 13.9 Å². The molecule has 3 aromatic rings. The predicted octanol–water partition coefficient (Wildman–Crippen LogP) is 2.94. The van der Waals surface area contributed by atoms with Gasteiger partial charge in [-0.25, -0.2) is 0 Å². The zero-order valence-electron chi connectivity index (χ0n) is 19.7. The molecule has 0 unspecified atom stereocenters. The number of hydrogen-bond donors (Lipinski definition) is 1. The lowest BCUT2D eigenvalue weighted by Gasteiger charge is -2.34. The van der Waals surface area contributed by atoms with Crippen molar-refractivity contribution in [2.24, 2.45) is 0 Å². The SMILES string of the molecule is Cc1ccc(N2CCN([11CH3])CC2)c2oc(C(=O)Nc3ccc(N4CCOCC4)cc3)cc(=O)c12. The molecular weight excluding hydrogens is 431 g/mol. The summed E-state index contributed by atoms with van der Waals surface area (Å²) in [6, 6.07) is 12.9. The van der Waals surface area contributed by atoms with Gasteiger partial charge in [0.05, 0.1) is 24.3 Å². The summed E-state index contributed by atoms with van der Waals surface area (Å²) < 4.78 is 11.5. The maximum Gasteiger partial charge on any atom is 0.291 e. The molecule has 1 N–H and O–H groups in total. The molecule has 0 aliphatic carbocycles. The second kappa shape index (κ2) is 9.48. The van der Waals surface area contributed by atoms with Crippen LogP contribution in [0.4, 0.5) is 17.1 Å². The van der Waals surface area contributed by atoms with E-state index in [0.29, 0.717) is 16.7 Å². The monoisotopic (exact) mass is 461 g/mol. The molecule has 178 valence electrons. The highest BCUT2D eigenvalue weighted by molar-refractivity contribution is 6.04. The maximum atomic E-state index is 13.0. The van der Waals surface area contributed by atoms with Crippen LogP contribution in [0.5, 0.6) is 0 Å². The number of ether oxygens (including phenoxy) is 1. The Hall–Kier alpha value is -3.36. The van der Waals surface area contributed by atoms with Gasteiger partial charge in [-0.3, -0.25) is 9.59 Å². The van der Waals surface area contributed by atoms with Crippen LogP contribution in [0.1, 0.15) is 16.1 Å². The van der Waals surface area contributed by atoms with E-state index < -0.39 is 5.91 Å². The molecular formula is C26H30N4O4. The first-order valence-electron chi connectivity index (χ1n) is 11.7. The number of rotatable bonds is 4. The summed E-state index contributed by atoms with van der Waals surface area (Å²) in [5, 5.41) is 3.40. The predicted molar refractivity (Wildman–Crippen MR) is 134 cm³/mol. The molecule has 2 saturated heterocycles. The Balaban J connectivity index is 1.41. The van der Waals surface area contributed by atoms with Gasteiger partial charge in [0.2, 0.25) is 0 Å². The van der Waals surface area contributed by atoms with E-state index in [-0.39, 0.29) is 11.2 Å². The molecule has 1 amide bonds. The first kappa shape index (κ1) is 22.4. The van der Waals surface area contributed by atoms with Crippen molar-refractivity contribution in [3.63, 3.8) is 0 Å². The van der Waals surface area contributed by atoms with Gasteiger partial charge in [0.15, 0.2) is 16.8 Å². The van der Waals surface area contributed by atoms with Crippen LogP contribution < -0.4 is 20.5 Å². The fourth-order valence-corrected chi connectivity index (χ4v) is 4.59. The van der Waals surface area contributed by atoms with Crippen LogP contribution in [-0.4, -0.2) is 70.3 Å². The van der Waals surface area contributed by atoms with E-state index in [2.05, 4.69) is 27.1 Å². The van der Waals surface area contributed by atoms with E-state index in [4.69, 9.17) is 9.15 Å². The van der Waals surface area contributed by atoms with Crippen molar-refractivity contribution in [2.75, 3.05) is 74.6 Å². The van der Waals surface area contributed by atoms with Crippen LogP contribution >= 0.6 is 0 Å². The van der Waals surface area contributed by atoms with E-state index >= 15 is 0 Å². The molecule has 2 aliphatic rings. The summed E-state index contributed by atoms with van der Waals surface area (Å²) >= 11 is 0. The van der Waals surface area contributed by atoms with Crippen LogP contribution in [0.15, 0.2) is 51.7 Å². The molecule has 8 heteroatoms.